The highest BCUT2D eigenvalue weighted by Crippen LogP contribution is 2.42. The summed E-state index contributed by atoms with van der Waals surface area (Å²) in [7, 11) is 0. The first-order valence-corrected chi connectivity index (χ1v) is 11.5. The van der Waals surface area contributed by atoms with Gasteiger partial charge in [-0.3, -0.25) is 4.79 Å². The predicted molar refractivity (Wildman–Crippen MR) is 112 cm³/mol. The summed E-state index contributed by atoms with van der Waals surface area (Å²) in [4.78, 5) is 12.5. The molecule has 0 spiro atoms. The van der Waals surface area contributed by atoms with E-state index in [1.165, 1.54) is 57.4 Å². The van der Waals surface area contributed by atoms with Gasteiger partial charge in [0, 0.05) is 6.07 Å². The van der Waals surface area contributed by atoms with Crippen LogP contribution in [0.5, 0.6) is 5.75 Å². The Bertz CT molecular complexity index is 625. The van der Waals surface area contributed by atoms with E-state index in [-0.39, 0.29) is 17.7 Å². The van der Waals surface area contributed by atoms with Gasteiger partial charge in [-0.1, -0.05) is 51.5 Å². The van der Waals surface area contributed by atoms with Crippen molar-refractivity contribution in [2.75, 3.05) is 0 Å². The fraction of sp³-hybridized carbons (Fsp3) is 0.720. The molecule has 156 valence electrons. The average Bonchev–Trinajstić information content (AvgIpc) is 2.72. The minimum atomic E-state index is -0.320. The Morgan fingerprint density at radius 2 is 1.64 bits per heavy atom. The number of hydrogen-bond donors (Lipinski definition) is 0. The molecule has 1 aromatic carbocycles. The molecule has 0 amide bonds. The lowest BCUT2D eigenvalue weighted by Gasteiger charge is -2.37. The van der Waals surface area contributed by atoms with Crippen LogP contribution in [-0.4, -0.2) is 5.97 Å². The van der Waals surface area contributed by atoms with Crippen LogP contribution in [0, 0.1) is 36.4 Å². The monoisotopic (exact) mass is 388 g/mol. The Hall–Kier alpha value is -1.38. The van der Waals surface area contributed by atoms with Crippen molar-refractivity contribution >= 4 is 5.97 Å². The van der Waals surface area contributed by atoms with Gasteiger partial charge in [-0.05, 0) is 74.8 Å². The van der Waals surface area contributed by atoms with Gasteiger partial charge >= 0.3 is 5.97 Å². The number of carbonyl (C=O) groups is 1. The SMILES string of the molecule is CCCCCC1CCC(C2CCC(C(=O)Oc3ccc(C)c(F)c3)CC2)CC1. The van der Waals surface area contributed by atoms with Gasteiger partial charge in [0.05, 0.1) is 5.92 Å². The minimum Gasteiger partial charge on any atom is -0.426 e. The highest BCUT2D eigenvalue weighted by Gasteiger charge is 2.33. The van der Waals surface area contributed by atoms with Crippen molar-refractivity contribution in [2.45, 2.75) is 90.9 Å². The maximum Gasteiger partial charge on any atom is 0.314 e. The summed E-state index contributed by atoms with van der Waals surface area (Å²) in [5.41, 5.74) is 0.570. The van der Waals surface area contributed by atoms with Gasteiger partial charge in [0.2, 0.25) is 0 Å². The highest BCUT2D eigenvalue weighted by molar-refractivity contribution is 5.75. The van der Waals surface area contributed by atoms with Gasteiger partial charge < -0.3 is 4.74 Å². The molecule has 0 aliphatic heterocycles. The molecule has 0 radical (unpaired) electrons. The van der Waals surface area contributed by atoms with Crippen molar-refractivity contribution in [1.82, 2.24) is 0 Å². The lowest BCUT2D eigenvalue weighted by Crippen LogP contribution is -2.30. The van der Waals surface area contributed by atoms with Crippen LogP contribution >= 0.6 is 0 Å². The number of rotatable bonds is 7. The van der Waals surface area contributed by atoms with Gasteiger partial charge in [-0.25, -0.2) is 4.39 Å². The second kappa shape index (κ2) is 10.4. The van der Waals surface area contributed by atoms with Crippen LogP contribution in [0.25, 0.3) is 0 Å². The zero-order valence-electron chi connectivity index (χ0n) is 17.7. The molecule has 0 saturated heterocycles. The minimum absolute atomic E-state index is 0.0222. The maximum absolute atomic E-state index is 13.7. The summed E-state index contributed by atoms with van der Waals surface area (Å²) in [6.07, 6.45) is 15.3. The Morgan fingerprint density at radius 3 is 2.25 bits per heavy atom. The Morgan fingerprint density at radius 1 is 1.00 bits per heavy atom. The second-order valence-corrected chi connectivity index (χ2v) is 9.22. The van der Waals surface area contributed by atoms with Crippen molar-refractivity contribution in [1.29, 1.82) is 0 Å². The van der Waals surface area contributed by atoms with Crippen LogP contribution in [0.1, 0.15) is 89.5 Å². The number of hydrogen-bond acceptors (Lipinski definition) is 2. The van der Waals surface area contributed by atoms with E-state index in [0.717, 1.165) is 43.4 Å². The number of esters is 1. The number of carbonyl (C=O) groups excluding carboxylic acids is 1. The number of benzene rings is 1. The summed E-state index contributed by atoms with van der Waals surface area (Å²) in [5.74, 6) is 2.43. The van der Waals surface area contributed by atoms with Gasteiger partial charge in [0.15, 0.2) is 0 Å². The summed E-state index contributed by atoms with van der Waals surface area (Å²) in [5, 5.41) is 0. The molecule has 2 nitrogen and oxygen atoms in total. The molecule has 0 aromatic heterocycles. The first-order valence-electron chi connectivity index (χ1n) is 11.5. The summed E-state index contributed by atoms with van der Waals surface area (Å²) < 4.78 is 19.1. The lowest BCUT2D eigenvalue weighted by atomic mass is 9.68. The Kier molecular flexibility index (Phi) is 7.93. The molecule has 0 bridgehead atoms. The summed E-state index contributed by atoms with van der Waals surface area (Å²) >= 11 is 0. The van der Waals surface area contributed by atoms with Crippen LogP contribution in [0.4, 0.5) is 4.39 Å². The van der Waals surface area contributed by atoms with E-state index < -0.39 is 0 Å². The molecule has 3 rings (SSSR count). The van der Waals surface area contributed by atoms with Crippen LogP contribution in [0.2, 0.25) is 0 Å². The predicted octanol–water partition coefficient (Wildman–Crippen LogP) is 7.23. The summed E-state index contributed by atoms with van der Waals surface area (Å²) in [6, 6.07) is 4.66. The largest absolute Gasteiger partial charge is 0.426 e. The molecule has 2 aliphatic carbocycles. The maximum atomic E-state index is 13.7. The molecule has 0 N–H and O–H groups in total. The molecule has 2 saturated carbocycles. The van der Waals surface area contributed by atoms with E-state index in [1.54, 1.807) is 19.1 Å². The molecule has 0 unspecified atom stereocenters. The number of halogens is 1. The Balaban J connectivity index is 1.39. The first-order chi connectivity index (χ1) is 13.6. The van der Waals surface area contributed by atoms with Crippen molar-refractivity contribution < 1.29 is 13.9 Å². The molecular formula is C25H37FO2. The van der Waals surface area contributed by atoms with Crippen molar-refractivity contribution in [3.63, 3.8) is 0 Å². The van der Waals surface area contributed by atoms with Gasteiger partial charge in [0.1, 0.15) is 11.6 Å². The second-order valence-electron chi connectivity index (χ2n) is 9.22. The van der Waals surface area contributed by atoms with E-state index in [0.29, 0.717) is 11.3 Å². The van der Waals surface area contributed by atoms with Crippen molar-refractivity contribution in [3.8, 4) is 5.75 Å². The fourth-order valence-corrected chi connectivity index (χ4v) is 5.29. The number of aryl methyl sites for hydroxylation is 1. The van der Waals surface area contributed by atoms with Crippen molar-refractivity contribution in [2.24, 2.45) is 23.7 Å². The smallest absolute Gasteiger partial charge is 0.314 e. The first kappa shape index (κ1) is 21.3. The summed E-state index contributed by atoms with van der Waals surface area (Å²) in [6.45, 7) is 3.99. The van der Waals surface area contributed by atoms with Crippen LogP contribution in [0.3, 0.4) is 0 Å². The molecule has 2 fully saturated rings. The fourth-order valence-electron chi connectivity index (χ4n) is 5.29. The molecular weight excluding hydrogens is 351 g/mol. The van der Waals surface area contributed by atoms with Crippen molar-refractivity contribution in [3.05, 3.63) is 29.6 Å². The normalized spacial score (nSPS) is 28.1. The molecule has 2 aliphatic rings. The van der Waals surface area contributed by atoms with E-state index in [9.17, 15) is 9.18 Å². The van der Waals surface area contributed by atoms with Gasteiger partial charge in [0.25, 0.3) is 0 Å². The van der Waals surface area contributed by atoms with Gasteiger partial charge in [-0.2, -0.15) is 0 Å². The molecule has 0 heterocycles. The van der Waals surface area contributed by atoms with E-state index in [2.05, 4.69) is 6.92 Å². The molecule has 1 aromatic rings. The average molecular weight is 389 g/mol. The van der Waals surface area contributed by atoms with Crippen LogP contribution in [-0.2, 0) is 4.79 Å². The molecule has 28 heavy (non-hydrogen) atoms. The quantitative estimate of drug-likeness (QED) is 0.280. The third kappa shape index (κ3) is 5.81. The lowest BCUT2D eigenvalue weighted by molar-refractivity contribution is -0.140. The zero-order valence-corrected chi connectivity index (χ0v) is 17.7. The van der Waals surface area contributed by atoms with E-state index in [1.807, 2.05) is 0 Å². The number of unbranched alkanes of at least 4 members (excludes halogenated alkanes) is 2. The van der Waals surface area contributed by atoms with Crippen LogP contribution < -0.4 is 4.74 Å². The Labute approximate surface area is 170 Å². The zero-order chi connectivity index (χ0) is 19.9. The van der Waals surface area contributed by atoms with E-state index in [4.69, 9.17) is 4.74 Å². The highest BCUT2D eigenvalue weighted by atomic mass is 19.1. The molecule has 3 heteroatoms. The number of ether oxygens (including phenoxy) is 1. The van der Waals surface area contributed by atoms with Crippen LogP contribution in [0.15, 0.2) is 18.2 Å². The standard InChI is InChI=1S/C25H37FO2/c1-3-4-5-6-19-8-10-20(11-9-19)21-12-14-22(15-13-21)25(27)28-23-16-7-18(2)24(26)17-23/h7,16-17,19-22H,3-6,8-15H2,1-2H3. The van der Waals surface area contributed by atoms with E-state index >= 15 is 0 Å². The van der Waals surface area contributed by atoms with Gasteiger partial charge in [-0.15, -0.1) is 0 Å². The molecule has 0 atom stereocenters. The third-order valence-electron chi connectivity index (χ3n) is 7.24. The third-order valence-corrected chi connectivity index (χ3v) is 7.24. The topological polar surface area (TPSA) is 26.3 Å².